The highest BCUT2D eigenvalue weighted by Gasteiger charge is 2.30. The van der Waals surface area contributed by atoms with Gasteiger partial charge in [0.15, 0.2) is 5.96 Å². The van der Waals surface area contributed by atoms with Crippen LogP contribution in [0.15, 0.2) is 29.3 Å². The molecule has 0 radical (unpaired) electrons. The Bertz CT molecular complexity index is 1000. The topological polar surface area (TPSA) is 235 Å². The Morgan fingerprint density at radius 2 is 1.50 bits per heavy atom. The summed E-state index contributed by atoms with van der Waals surface area (Å²) in [5.41, 5.74) is 17.3. The second-order valence-corrected chi connectivity index (χ2v) is 10.8. The number of aliphatic carboxylic acids is 1. The zero-order valence-corrected chi connectivity index (χ0v) is 24.1. The fourth-order valence-corrected chi connectivity index (χ4v) is 4.25. The number of carboxylic acids is 1. The number of guanidine groups is 1. The highest BCUT2D eigenvalue weighted by molar-refractivity contribution is 7.98. The van der Waals surface area contributed by atoms with E-state index in [1.165, 1.54) is 23.9 Å². The molecule has 0 heterocycles. The van der Waals surface area contributed by atoms with Crippen molar-refractivity contribution >= 4 is 41.4 Å². The largest absolute Gasteiger partial charge is 0.508 e. The van der Waals surface area contributed by atoms with Gasteiger partial charge in [-0.25, -0.2) is 4.79 Å². The lowest BCUT2D eigenvalue weighted by atomic mass is 10.0. The first-order valence-electron chi connectivity index (χ1n) is 13.1. The summed E-state index contributed by atoms with van der Waals surface area (Å²) in [6, 6.07) is 1.99. The number of carboxylic acid groups (broad SMARTS) is 1. The van der Waals surface area contributed by atoms with E-state index in [4.69, 9.17) is 17.2 Å². The molecule has 0 saturated heterocycles. The Hall–Kier alpha value is -3.52. The lowest BCUT2D eigenvalue weighted by molar-refractivity contribution is -0.142. The van der Waals surface area contributed by atoms with Crippen molar-refractivity contribution in [2.75, 3.05) is 18.6 Å². The van der Waals surface area contributed by atoms with Crippen molar-refractivity contribution in [1.29, 1.82) is 0 Å². The molecule has 0 fully saturated rings. The molecule has 1 aromatic rings. The molecule has 4 unspecified atom stereocenters. The van der Waals surface area contributed by atoms with Gasteiger partial charge in [-0.15, -0.1) is 0 Å². The van der Waals surface area contributed by atoms with E-state index in [9.17, 15) is 29.4 Å². The predicted molar refractivity (Wildman–Crippen MR) is 156 cm³/mol. The number of benzene rings is 1. The number of phenols is 1. The highest BCUT2D eigenvalue weighted by Crippen LogP contribution is 2.13. The second-order valence-electron chi connectivity index (χ2n) is 9.86. The van der Waals surface area contributed by atoms with Crippen molar-refractivity contribution in [3.63, 3.8) is 0 Å². The van der Waals surface area contributed by atoms with Crippen molar-refractivity contribution in [3.05, 3.63) is 29.8 Å². The number of phenolic OH excluding ortho intramolecular Hbond substituents is 1. The summed E-state index contributed by atoms with van der Waals surface area (Å²) in [7, 11) is 0. The fraction of sp³-hybridized carbons (Fsp3) is 0.577. The van der Waals surface area contributed by atoms with Crippen LogP contribution in [0.1, 0.15) is 45.1 Å². The van der Waals surface area contributed by atoms with Crippen molar-refractivity contribution in [2.45, 2.75) is 70.1 Å². The molecule has 0 bridgehead atoms. The number of rotatable bonds is 18. The average molecular weight is 582 g/mol. The Morgan fingerprint density at radius 3 is 2.05 bits per heavy atom. The molecule has 0 saturated carbocycles. The fourth-order valence-electron chi connectivity index (χ4n) is 3.78. The number of carbonyl (C=O) groups excluding carboxylic acids is 3. The van der Waals surface area contributed by atoms with Crippen molar-refractivity contribution < 1.29 is 29.4 Å². The highest BCUT2D eigenvalue weighted by atomic mass is 32.2. The molecule has 1 aromatic carbocycles. The van der Waals surface area contributed by atoms with Crippen LogP contribution in [0.25, 0.3) is 0 Å². The molecule has 0 aliphatic rings. The van der Waals surface area contributed by atoms with Crippen LogP contribution in [0.4, 0.5) is 0 Å². The summed E-state index contributed by atoms with van der Waals surface area (Å²) in [4.78, 5) is 54.9. The van der Waals surface area contributed by atoms with Gasteiger partial charge in [-0.1, -0.05) is 26.0 Å². The molecular weight excluding hydrogens is 538 g/mol. The smallest absolute Gasteiger partial charge is 0.326 e. The van der Waals surface area contributed by atoms with Gasteiger partial charge < -0.3 is 43.4 Å². The van der Waals surface area contributed by atoms with E-state index in [0.29, 0.717) is 24.2 Å². The lowest BCUT2D eigenvalue weighted by Gasteiger charge is -2.25. The molecular formula is C26H43N7O6S. The zero-order chi connectivity index (χ0) is 30.2. The first-order chi connectivity index (χ1) is 18.8. The summed E-state index contributed by atoms with van der Waals surface area (Å²) in [5, 5.41) is 27.0. The zero-order valence-electron chi connectivity index (χ0n) is 23.3. The normalized spacial score (nSPS) is 13.9. The lowest BCUT2D eigenvalue weighted by Crippen LogP contribution is -2.57. The summed E-state index contributed by atoms with van der Waals surface area (Å²) in [6.45, 7) is 4.05. The van der Waals surface area contributed by atoms with Crippen LogP contribution >= 0.6 is 11.8 Å². The van der Waals surface area contributed by atoms with E-state index in [1.54, 1.807) is 12.1 Å². The van der Waals surface area contributed by atoms with E-state index in [0.717, 1.165) is 0 Å². The van der Waals surface area contributed by atoms with E-state index in [2.05, 4.69) is 20.9 Å². The van der Waals surface area contributed by atoms with E-state index in [1.807, 2.05) is 20.1 Å². The molecule has 0 aliphatic carbocycles. The Balaban J connectivity index is 3.07. The van der Waals surface area contributed by atoms with E-state index < -0.39 is 47.9 Å². The monoisotopic (exact) mass is 581 g/mol. The average Bonchev–Trinajstić information content (AvgIpc) is 2.88. The van der Waals surface area contributed by atoms with Gasteiger partial charge in [0, 0.05) is 13.0 Å². The Kier molecular flexibility index (Phi) is 15.5. The number of aliphatic imine (C=N–C) groups is 1. The summed E-state index contributed by atoms with van der Waals surface area (Å²) in [6.07, 6.45) is 2.95. The number of thioether (sulfide) groups is 1. The van der Waals surface area contributed by atoms with E-state index in [-0.39, 0.29) is 43.4 Å². The molecule has 4 atom stereocenters. The Labute approximate surface area is 239 Å². The van der Waals surface area contributed by atoms with Crippen LogP contribution in [-0.4, -0.2) is 82.6 Å². The summed E-state index contributed by atoms with van der Waals surface area (Å²) < 4.78 is 0. The van der Waals surface area contributed by atoms with Gasteiger partial charge in [0.25, 0.3) is 0 Å². The number of nitrogens with one attached hydrogen (secondary N) is 3. The number of aromatic hydroxyl groups is 1. The maximum atomic E-state index is 13.4. The number of nitrogens with two attached hydrogens (primary N) is 3. The molecule has 11 N–H and O–H groups in total. The van der Waals surface area contributed by atoms with Crippen LogP contribution in [0.3, 0.4) is 0 Å². The maximum absolute atomic E-state index is 13.4. The number of nitrogens with zero attached hydrogens (tertiary/aromatic N) is 1. The van der Waals surface area contributed by atoms with Gasteiger partial charge in [0.1, 0.15) is 23.9 Å². The third-order valence-electron chi connectivity index (χ3n) is 5.87. The van der Waals surface area contributed by atoms with Gasteiger partial charge in [0.05, 0.1) is 6.04 Å². The van der Waals surface area contributed by atoms with Crippen molar-refractivity contribution in [2.24, 2.45) is 28.1 Å². The van der Waals surface area contributed by atoms with Gasteiger partial charge >= 0.3 is 5.97 Å². The van der Waals surface area contributed by atoms with Crippen LogP contribution in [0.5, 0.6) is 5.75 Å². The second kappa shape index (κ2) is 17.9. The van der Waals surface area contributed by atoms with Crippen molar-refractivity contribution in [3.8, 4) is 5.75 Å². The third-order valence-corrected chi connectivity index (χ3v) is 6.52. The molecule has 224 valence electrons. The van der Waals surface area contributed by atoms with Crippen molar-refractivity contribution in [1.82, 2.24) is 16.0 Å². The molecule has 0 aliphatic heterocycles. The molecule has 14 heteroatoms. The molecule has 0 spiro atoms. The first kappa shape index (κ1) is 34.5. The van der Waals surface area contributed by atoms with Gasteiger partial charge in [-0.3, -0.25) is 19.4 Å². The van der Waals surface area contributed by atoms with Gasteiger partial charge in [0.2, 0.25) is 17.7 Å². The van der Waals surface area contributed by atoms with Gasteiger partial charge in [-0.2, -0.15) is 11.8 Å². The number of carbonyl (C=O) groups is 4. The standard InChI is InChI=1S/C26H43N7O6S/c1-15(2)13-18(27)22(35)33-21(14-16-6-8-17(34)9-7-16)24(37)31-19(10-12-40-3)23(36)32-20(25(38)39)5-4-11-30-26(28)29/h6-9,15,18-21,34H,4-5,10-14,27H2,1-3H3,(H,31,37)(H,32,36)(H,33,35)(H,38,39)(H4,28,29,30). The van der Waals surface area contributed by atoms with Crippen LogP contribution < -0.4 is 33.2 Å². The van der Waals surface area contributed by atoms with Gasteiger partial charge in [-0.05, 0) is 61.3 Å². The molecule has 13 nitrogen and oxygen atoms in total. The minimum absolute atomic E-state index is 0.0489. The van der Waals surface area contributed by atoms with E-state index >= 15 is 0 Å². The number of hydrogen-bond donors (Lipinski definition) is 8. The minimum Gasteiger partial charge on any atom is -0.508 e. The Morgan fingerprint density at radius 1 is 0.925 bits per heavy atom. The number of amides is 3. The predicted octanol–water partition coefficient (Wildman–Crippen LogP) is -0.346. The maximum Gasteiger partial charge on any atom is 0.326 e. The summed E-state index contributed by atoms with van der Waals surface area (Å²) in [5.74, 6) is -2.43. The van der Waals surface area contributed by atoms with Crippen LogP contribution in [0.2, 0.25) is 0 Å². The third kappa shape index (κ3) is 13.5. The minimum atomic E-state index is -1.23. The SMILES string of the molecule is CSCCC(NC(=O)C(Cc1ccc(O)cc1)NC(=O)C(N)CC(C)C)C(=O)NC(CCCN=C(N)N)C(=O)O. The molecule has 3 amide bonds. The number of hydrogen-bond acceptors (Lipinski definition) is 8. The first-order valence-corrected chi connectivity index (χ1v) is 14.4. The molecule has 40 heavy (non-hydrogen) atoms. The molecule has 0 aromatic heterocycles. The quantitative estimate of drug-likeness (QED) is 0.0637. The molecule has 1 rings (SSSR count). The summed E-state index contributed by atoms with van der Waals surface area (Å²) >= 11 is 1.46. The van der Waals surface area contributed by atoms with Crippen LogP contribution in [0, 0.1) is 5.92 Å². The van der Waals surface area contributed by atoms with Crippen LogP contribution in [-0.2, 0) is 25.6 Å².